The van der Waals surface area contributed by atoms with Crippen molar-refractivity contribution >= 4 is 51.4 Å². The second kappa shape index (κ2) is 9.51. The molecule has 0 aliphatic heterocycles. The Kier molecular flexibility index (Phi) is 7.02. The van der Waals surface area contributed by atoms with E-state index in [1.807, 2.05) is 13.8 Å². The number of benzene rings is 1. The van der Waals surface area contributed by atoms with Crippen LogP contribution in [0.1, 0.15) is 38.2 Å². The average molecular weight is 468 g/mol. The summed E-state index contributed by atoms with van der Waals surface area (Å²) >= 11 is 13.5. The molecule has 0 radical (unpaired) electrons. The van der Waals surface area contributed by atoms with Crippen molar-refractivity contribution in [3.63, 3.8) is 0 Å². The van der Waals surface area contributed by atoms with Gasteiger partial charge >= 0.3 is 5.97 Å². The third-order valence-corrected chi connectivity index (χ3v) is 5.94. The monoisotopic (exact) mass is 467 g/mol. The van der Waals surface area contributed by atoms with Gasteiger partial charge in [-0.1, -0.05) is 29.3 Å². The number of carbonyl (C=O) groups excluding carboxylic acids is 2. The van der Waals surface area contributed by atoms with E-state index in [1.54, 1.807) is 37.4 Å². The largest absolute Gasteiger partial charge is 0.468 e. The standard InChI is InChI=1S/C20H19Cl2N3O4S/c1-4-28-20(27)16-11(2)12(3)30-19(16)23-18(26)15-8-9-25(24-15)10-29-17-13(21)6-5-7-14(17)22/h5-9H,4,10H2,1-3H3,(H,23,26). The summed E-state index contributed by atoms with van der Waals surface area (Å²) < 4.78 is 12.1. The van der Waals surface area contributed by atoms with Crippen molar-refractivity contribution in [2.24, 2.45) is 0 Å². The van der Waals surface area contributed by atoms with Gasteiger partial charge < -0.3 is 14.8 Å². The second-order valence-electron chi connectivity index (χ2n) is 6.23. The number of aromatic nitrogens is 2. The van der Waals surface area contributed by atoms with Crippen LogP contribution >= 0.6 is 34.5 Å². The van der Waals surface area contributed by atoms with Crippen molar-refractivity contribution in [1.29, 1.82) is 0 Å². The normalized spacial score (nSPS) is 10.7. The molecule has 0 bridgehead atoms. The summed E-state index contributed by atoms with van der Waals surface area (Å²) in [7, 11) is 0. The van der Waals surface area contributed by atoms with Crippen molar-refractivity contribution in [2.45, 2.75) is 27.5 Å². The summed E-state index contributed by atoms with van der Waals surface area (Å²) in [5.74, 6) is -0.576. The smallest absolute Gasteiger partial charge is 0.341 e. The molecule has 3 rings (SSSR count). The van der Waals surface area contributed by atoms with Crippen LogP contribution in [0, 0.1) is 13.8 Å². The number of nitrogens with one attached hydrogen (secondary N) is 1. The van der Waals surface area contributed by atoms with Crippen molar-refractivity contribution in [1.82, 2.24) is 9.78 Å². The van der Waals surface area contributed by atoms with Crippen LogP contribution in [-0.4, -0.2) is 28.3 Å². The highest BCUT2D eigenvalue weighted by atomic mass is 35.5. The second-order valence-corrected chi connectivity index (χ2v) is 8.27. The SMILES string of the molecule is CCOC(=O)c1c(NC(=O)c2ccn(COc3c(Cl)cccc3Cl)n2)sc(C)c1C. The van der Waals surface area contributed by atoms with Gasteiger partial charge in [-0.25, -0.2) is 9.48 Å². The molecule has 0 saturated carbocycles. The van der Waals surface area contributed by atoms with Crippen LogP contribution < -0.4 is 10.1 Å². The molecular formula is C20H19Cl2N3O4S. The highest BCUT2D eigenvalue weighted by Gasteiger charge is 2.23. The molecule has 2 aromatic heterocycles. The fourth-order valence-corrected chi connectivity index (χ4v) is 4.19. The van der Waals surface area contributed by atoms with Gasteiger partial charge in [-0.2, -0.15) is 5.10 Å². The van der Waals surface area contributed by atoms with E-state index in [9.17, 15) is 9.59 Å². The highest BCUT2D eigenvalue weighted by molar-refractivity contribution is 7.16. The number of anilines is 1. The Morgan fingerprint density at radius 2 is 1.90 bits per heavy atom. The molecule has 0 fully saturated rings. The maximum Gasteiger partial charge on any atom is 0.341 e. The molecule has 3 aromatic rings. The number of esters is 1. The molecule has 1 aromatic carbocycles. The van der Waals surface area contributed by atoms with Crippen LogP contribution in [0.25, 0.3) is 0 Å². The highest BCUT2D eigenvalue weighted by Crippen LogP contribution is 2.34. The molecule has 0 spiro atoms. The van der Waals surface area contributed by atoms with Crippen LogP contribution in [0.15, 0.2) is 30.5 Å². The molecule has 1 N–H and O–H groups in total. The molecule has 10 heteroatoms. The van der Waals surface area contributed by atoms with Gasteiger partial charge in [-0.3, -0.25) is 4.79 Å². The number of hydrogen-bond acceptors (Lipinski definition) is 6. The van der Waals surface area contributed by atoms with E-state index in [-0.39, 0.29) is 19.0 Å². The van der Waals surface area contributed by atoms with Crippen molar-refractivity contribution in [3.05, 3.63) is 62.2 Å². The maximum atomic E-state index is 12.6. The average Bonchev–Trinajstić information content (AvgIpc) is 3.27. The molecule has 158 valence electrons. The molecule has 0 saturated heterocycles. The Balaban J connectivity index is 1.72. The van der Waals surface area contributed by atoms with E-state index in [1.165, 1.54) is 16.0 Å². The number of ether oxygens (including phenoxy) is 2. The molecule has 0 unspecified atom stereocenters. The zero-order valence-electron chi connectivity index (χ0n) is 16.5. The zero-order valence-corrected chi connectivity index (χ0v) is 18.8. The first-order valence-corrected chi connectivity index (χ1v) is 10.6. The minimum atomic E-state index is -0.467. The van der Waals surface area contributed by atoms with Gasteiger partial charge in [-0.15, -0.1) is 11.3 Å². The van der Waals surface area contributed by atoms with Crippen molar-refractivity contribution in [2.75, 3.05) is 11.9 Å². The lowest BCUT2D eigenvalue weighted by molar-refractivity contribution is 0.0527. The van der Waals surface area contributed by atoms with Crippen LogP contribution in [0.5, 0.6) is 5.75 Å². The van der Waals surface area contributed by atoms with Crippen molar-refractivity contribution in [3.8, 4) is 5.75 Å². The first-order valence-electron chi connectivity index (χ1n) is 9.00. The molecule has 7 nitrogen and oxygen atoms in total. The van der Waals surface area contributed by atoms with Gasteiger partial charge in [0.1, 0.15) is 5.00 Å². The Labute approximate surface area is 187 Å². The summed E-state index contributed by atoms with van der Waals surface area (Å²) in [6.45, 7) is 5.70. The van der Waals surface area contributed by atoms with E-state index < -0.39 is 11.9 Å². The number of halogens is 2. The number of carbonyl (C=O) groups is 2. The molecule has 0 atom stereocenters. The van der Waals surface area contributed by atoms with Crippen LogP contribution in [0.3, 0.4) is 0 Å². The molecule has 2 heterocycles. The van der Waals surface area contributed by atoms with E-state index in [0.29, 0.717) is 26.4 Å². The van der Waals surface area contributed by atoms with Crippen LogP contribution in [0.4, 0.5) is 5.00 Å². The Morgan fingerprint density at radius 1 is 1.20 bits per heavy atom. The van der Waals surface area contributed by atoms with Gasteiger partial charge in [0.15, 0.2) is 18.2 Å². The first-order chi connectivity index (χ1) is 14.3. The summed E-state index contributed by atoms with van der Waals surface area (Å²) in [6.07, 6.45) is 1.59. The Hall–Kier alpha value is -2.55. The Morgan fingerprint density at radius 3 is 2.57 bits per heavy atom. The number of nitrogens with zero attached hydrogens (tertiary/aromatic N) is 2. The minimum Gasteiger partial charge on any atom is -0.468 e. The van der Waals surface area contributed by atoms with E-state index in [4.69, 9.17) is 32.7 Å². The number of thiophene rings is 1. The molecule has 0 aliphatic rings. The fourth-order valence-electron chi connectivity index (χ4n) is 2.64. The molecule has 1 amide bonds. The minimum absolute atomic E-state index is 0.0159. The lowest BCUT2D eigenvalue weighted by Crippen LogP contribution is -2.16. The number of rotatable bonds is 7. The summed E-state index contributed by atoms with van der Waals surface area (Å²) in [5.41, 5.74) is 1.32. The van der Waals surface area contributed by atoms with Crippen molar-refractivity contribution < 1.29 is 19.1 Å². The number of aryl methyl sites for hydroxylation is 1. The summed E-state index contributed by atoms with van der Waals surface area (Å²) in [6, 6.07) is 6.59. The van der Waals surface area contributed by atoms with Gasteiger partial charge in [-0.05, 0) is 44.5 Å². The lowest BCUT2D eigenvalue weighted by atomic mass is 10.1. The molecular weight excluding hydrogens is 449 g/mol. The quantitative estimate of drug-likeness (QED) is 0.474. The predicted molar refractivity (Wildman–Crippen MR) is 117 cm³/mol. The fraction of sp³-hybridized carbons (Fsp3) is 0.250. The zero-order chi connectivity index (χ0) is 21.8. The third kappa shape index (κ3) is 4.77. The number of amides is 1. The van der Waals surface area contributed by atoms with Gasteiger partial charge in [0, 0.05) is 11.1 Å². The van der Waals surface area contributed by atoms with E-state index in [0.717, 1.165) is 10.4 Å². The lowest BCUT2D eigenvalue weighted by Gasteiger charge is -2.09. The third-order valence-electron chi connectivity index (χ3n) is 4.23. The molecule has 30 heavy (non-hydrogen) atoms. The van der Waals surface area contributed by atoms with Gasteiger partial charge in [0.05, 0.1) is 22.2 Å². The van der Waals surface area contributed by atoms with Crippen LogP contribution in [0.2, 0.25) is 10.0 Å². The summed E-state index contributed by atoms with van der Waals surface area (Å²) in [5, 5.41) is 8.14. The topological polar surface area (TPSA) is 82.5 Å². The van der Waals surface area contributed by atoms with E-state index in [2.05, 4.69) is 10.4 Å². The predicted octanol–water partition coefficient (Wildman–Crippen LogP) is 5.33. The Bertz CT molecular complexity index is 1070. The van der Waals surface area contributed by atoms with Crippen LogP contribution in [-0.2, 0) is 11.5 Å². The van der Waals surface area contributed by atoms with Gasteiger partial charge in [0.2, 0.25) is 0 Å². The summed E-state index contributed by atoms with van der Waals surface area (Å²) in [4.78, 5) is 25.8. The number of hydrogen-bond donors (Lipinski definition) is 1. The molecule has 0 aliphatic carbocycles. The van der Waals surface area contributed by atoms with E-state index >= 15 is 0 Å². The first kappa shape index (κ1) is 22.1. The van der Waals surface area contributed by atoms with Gasteiger partial charge in [0.25, 0.3) is 5.91 Å². The number of para-hydroxylation sites is 1. The maximum absolute atomic E-state index is 12.6.